The van der Waals surface area contributed by atoms with Crippen molar-refractivity contribution >= 4 is 17.3 Å². The smallest absolute Gasteiger partial charge is 0.207 e. The summed E-state index contributed by atoms with van der Waals surface area (Å²) in [5, 5.41) is 3.79. The summed E-state index contributed by atoms with van der Waals surface area (Å²) in [7, 11) is 0. The number of nitrogens with zero attached hydrogens (tertiary/aromatic N) is 1. The van der Waals surface area contributed by atoms with E-state index in [1.165, 1.54) is 5.39 Å². The van der Waals surface area contributed by atoms with Crippen molar-refractivity contribution in [1.29, 1.82) is 0 Å². The summed E-state index contributed by atoms with van der Waals surface area (Å²) in [4.78, 5) is 17.8. The summed E-state index contributed by atoms with van der Waals surface area (Å²) in [5.41, 5.74) is 4.12. The Morgan fingerprint density at radius 1 is 1.21 bits per heavy atom. The molecule has 0 bridgehead atoms. The zero-order valence-corrected chi connectivity index (χ0v) is 10.3. The molecule has 0 atom stereocenters. The Bertz CT molecular complexity index is 701. The van der Waals surface area contributed by atoms with E-state index >= 15 is 0 Å². The number of aromatic amines is 1. The summed E-state index contributed by atoms with van der Waals surface area (Å²) in [6.45, 7) is 0.508. The molecule has 4 nitrogen and oxygen atoms in total. The van der Waals surface area contributed by atoms with Crippen LogP contribution < -0.4 is 5.32 Å². The number of pyridine rings is 1. The molecule has 4 heteroatoms. The first-order valence-electron chi connectivity index (χ1n) is 6.06. The van der Waals surface area contributed by atoms with Crippen LogP contribution in [-0.2, 0) is 11.3 Å². The average molecular weight is 251 g/mol. The van der Waals surface area contributed by atoms with Gasteiger partial charge in [-0.05, 0) is 29.8 Å². The summed E-state index contributed by atoms with van der Waals surface area (Å²) in [5.74, 6) is 0. The highest BCUT2D eigenvalue weighted by molar-refractivity contribution is 5.84. The Balaban J connectivity index is 1.90. The van der Waals surface area contributed by atoms with Gasteiger partial charge in [-0.3, -0.25) is 9.78 Å². The largest absolute Gasteiger partial charge is 0.361 e. The molecule has 0 radical (unpaired) electrons. The highest BCUT2D eigenvalue weighted by Gasteiger charge is 2.02. The van der Waals surface area contributed by atoms with Crippen LogP contribution in [0, 0.1) is 0 Å². The molecule has 0 aliphatic rings. The predicted molar refractivity (Wildman–Crippen MR) is 74.4 cm³/mol. The van der Waals surface area contributed by atoms with E-state index in [2.05, 4.69) is 21.4 Å². The monoisotopic (exact) mass is 251 g/mol. The van der Waals surface area contributed by atoms with E-state index < -0.39 is 0 Å². The molecule has 2 N–H and O–H groups in total. The fourth-order valence-electron chi connectivity index (χ4n) is 2.07. The van der Waals surface area contributed by atoms with E-state index in [1.807, 2.05) is 36.5 Å². The lowest BCUT2D eigenvalue weighted by molar-refractivity contribution is -0.109. The normalized spacial score (nSPS) is 10.5. The number of aromatic nitrogens is 2. The van der Waals surface area contributed by atoms with E-state index in [-0.39, 0.29) is 0 Å². The van der Waals surface area contributed by atoms with E-state index in [0.29, 0.717) is 13.0 Å². The molecule has 0 spiro atoms. The third-order valence-corrected chi connectivity index (χ3v) is 3.06. The Morgan fingerprint density at radius 2 is 2.16 bits per heavy atom. The molecule has 0 aliphatic heterocycles. The molecule has 0 unspecified atom stereocenters. The van der Waals surface area contributed by atoms with Crippen LogP contribution in [0.25, 0.3) is 22.2 Å². The second kappa shape index (κ2) is 4.94. The number of carbonyl (C=O) groups is 1. The maximum absolute atomic E-state index is 10.2. The first kappa shape index (κ1) is 11.5. The van der Waals surface area contributed by atoms with E-state index in [4.69, 9.17) is 0 Å². The van der Waals surface area contributed by atoms with Crippen molar-refractivity contribution in [2.45, 2.75) is 6.54 Å². The van der Waals surface area contributed by atoms with Crippen LogP contribution in [0.4, 0.5) is 0 Å². The van der Waals surface area contributed by atoms with Crippen molar-refractivity contribution in [3.05, 3.63) is 54.4 Å². The highest BCUT2D eigenvalue weighted by atomic mass is 16.1. The number of benzene rings is 1. The first-order valence-corrected chi connectivity index (χ1v) is 6.06. The fraction of sp³-hybridized carbons (Fsp3) is 0.0667. The van der Waals surface area contributed by atoms with Crippen LogP contribution in [0.5, 0.6) is 0 Å². The number of fused-ring (bicyclic) bond motifs is 1. The summed E-state index contributed by atoms with van der Waals surface area (Å²) in [6, 6.07) is 12.2. The molecule has 0 fully saturated rings. The van der Waals surface area contributed by atoms with Gasteiger partial charge in [-0.1, -0.05) is 12.1 Å². The van der Waals surface area contributed by atoms with E-state index in [0.717, 1.165) is 22.3 Å². The van der Waals surface area contributed by atoms with Gasteiger partial charge in [0.25, 0.3) is 0 Å². The Kier molecular flexibility index (Phi) is 2.98. The Hall–Kier alpha value is -2.62. The first-order chi connectivity index (χ1) is 9.36. The maximum Gasteiger partial charge on any atom is 0.207 e. The van der Waals surface area contributed by atoms with E-state index in [9.17, 15) is 4.79 Å². The summed E-state index contributed by atoms with van der Waals surface area (Å²) >= 11 is 0. The third kappa shape index (κ3) is 2.33. The van der Waals surface area contributed by atoms with Crippen LogP contribution in [-0.4, -0.2) is 16.4 Å². The van der Waals surface area contributed by atoms with Gasteiger partial charge in [-0.2, -0.15) is 0 Å². The van der Waals surface area contributed by atoms with Gasteiger partial charge in [0, 0.05) is 35.4 Å². The van der Waals surface area contributed by atoms with Gasteiger partial charge in [0.15, 0.2) is 0 Å². The molecule has 0 saturated carbocycles. The topological polar surface area (TPSA) is 57.8 Å². The van der Waals surface area contributed by atoms with Crippen molar-refractivity contribution in [1.82, 2.24) is 15.3 Å². The number of carbonyl (C=O) groups excluding carboxylic acids is 1. The van der Waals surface area contributed by atoms with E-state index in [1.54, 1.807) is 6.20 Å². The highest BCUT2D eigenvalue weighted by Crippen LogP contribution is 2.22. The predicted octanol–water partition coefficient (Wildman–Crippen LogP) is 2.48. The number of rotatable bonds is 4. The molecule has 3 rings (SSSR count). The lowest BCUT2D eigenvalue weighted by atomic mass is 10.1. The molecule has 0 saturated heterocycles. The zero-order valence-electron chi connectivity index (χ0n) is 10.3. The third-order valence-electron chi connectivity index (χ3n) is 3.06. The van der Waals surface area contributed by atoms with Crippen LogP contribution in [0.2, 0.25) is 0 Å². The van der Waals surface area contributed by atoms with Crippen LogP contribution in [0.1, 0.15) is 5.56 Å². The van der Waals surface area contributed by atoms with Crippen molar-refractivity contribution in [3.63, 3.8) is 0 Å². The number of hydrogen-bond donors (Lipinski definition) is 2. The van der Waals surface area contributed by atoms with Crippen molar-refractivity contribution in [3.8, 4) is 11.3 Å². The Labute approximate surface area is 110 Å². The minimum Gasteiger partial charge on any atom is -0.361 e. The van der Waals surface area contributed by atoms with Gasteiger partial charge in [-0.25, -0.2) is 0 Å². The maximum atomic E-state index is 10.2. The quantitative estimate of drug-likeness (QED) is 0.700. The molecule has 0 aliphatic carbocycles. The lowest BCUT2D eigenvalue weighted by Crippen LogP contribution is -2.09. The zero-order chi connectivity index (χ0) is 13.1. The standard InChI is InChI=1S/C15H13N3O/c19-10-16-8-11-1-3-15(18-9-11)12-2-4-14-13(7-12)5-6-17-14/h1-7,9-10,17H,8H2,(H,16,19). The lowest BCUT2D eigenvalue weighted by Gasteiger charge is -2.03. The Morgan fingerprint density at radius 3 is 2.95 bits per heavy atom. The number of H-pyrrole nitrogens is 1. The van der Waals surface area contributed by atoms with Crippen molar-refractivity contribution in [2.24, 2.45) is 0 Å². The van der Waals surface area contributed by atoms with Crippen LogP contribution in [0.15, 0.2) is 48.8 Å². The fourth-order valence-corrected chi connectivity index (χ4v) is 2.07. The minimum absolute atomic E-state index is 0.508. The van der Waals surface area contributed by atoms with Gasteiger partial charge >= 0.3 is 0 Å². The summed E-state index contributed by atoms with van der Waals surface area (Å²) in [6.07, 6.45) is 4.40. The van der Waals surface area contributed by atoms with Crippen molar-refractivity contribution in [2.75, 3.05) is 0 Å². The molecule has 1 aromatic carbocycles. The summed E-state index contributed by atoms with van der Waals surface area (Å²) < 4.78 is 0. The molecule has 2 heterocycles. The minimum atomic E-state index is 0.508. The number of amides is 1. The second-order valence-electron chi connectivity index (χ2n) is 4.33. The van der Waals surface area contributed by atoms with Crippen LogP contribution in [0.3, 0.4) is 0 Å². The van der Waals surface area contributed by atoms with Crippen molar-refractivity contribution < 1.29 is 4.79 Å². The van der Waals surface area contributed by atoms with Gasteiger partial charge in [-0.15, -0.1) is 0 Å². The SMILES string of the molecule is O=CNCc1ccc(-c2ccc3[nH]ccc3c2)nc1. The van der Waals surface area contributed by atoms with Gasteiger partial charge in [0.05, 0.1) is 5.69 Å². The molecule has 2 aromatic heterocycles. The molecule has 19 heavy (non-hydrogen) atoms. The van der Waals surface area contributed by atoms with Gasteiger partial charge in [0.1, 0.15) is 0 Å². The molecule has 1 amide bonds. The molecule has 3 aromatic rings. The van der Waals surface area contributed by atoms with Crippen LogP contribution >= 0.6 is 0 Å². The second-order valence-corrected chi connectivity index (χ2v) is 4.33. The van der Waals surface area contributed by atoms with Gasteiger partial charge in [0.2, 0.25) is 6.41 Å². The molecule has 94 valence electrons. The van der Waals surface area contributed by atoms with Gasteiger partial charge < -0.3 is 10.3 Å². The average Bonchev–Trinajstić information content (AvgIpc) is 2.93. The molecular weight excluding hydrogens is 238 g/mol. The number of hydrogen-bond acceptors (Lipinski definition) is 2. The number of nitrogens with one attached hydrogen (secondary N) is 2. The molecular formula is C15H13N3O.